The molecule has 0 radical (unpaired) electrons. The van der Waals surface area contributed by atoms with Crippen LogP contribution in [0, 0.1) is 0 Å². The molecule has 0 saturated carbocycles. The van der Waals surface area contributed by atoms with Crippen LogP contribution in [0.15, 0.2) is 12.3 Å². The Morgan fingerprint density at radius 3 is 3.22 bits per heavy atom. The van der Waals surface area contributed by atoms with Crippen LogP contribution in [0.4, 0.5) is 0 Å². The van der Waals surface area contributed by atoms with Gasteiger partial charge in [0.1, 0.15) is 0 Å². The molecule has 1 saturated heterocycles. The number of aromatic nitrogens is 2. The van der Waals surface area contributed by atoms with Crippen molar-refractivity contribution >= 4 is 5.91 Å². The van der Waals surface area contributed by atoms with E-state index in [-0.39, 0.29) is 5.91 Å². The van der Waals surface area contributed by atoms with E-state index in [1.54, 1.807) is 6.20 Å². The third-order valence-corrected chi connectivity index (χ3v) is 3.62. The Morgan fingerprint density at radius 2 is 2.50 bits per heavy atom. The van der Waals surface area contributed by atoms with Crippen molar-refractivity contribution in [3.63, 3.8) is 0 Å². The number of H-pyrrole nitrogens is 1. The summed E-state index contributed by atoms with van der Waals surface area (Å²) in [6, 6.07) is 2.35. The highest BCUT2D eigenvalue weighted by atomic mass is 16.1. The van der Waals surface area contributed by atoms with Crippen LogP contribution in [-0.4, -0.2) is 47.2 Å². The van der Waals surface area contributed by atoms with Crippen molar-refractivity contribution in [1.82, 2.24) is 20.4 Å². The number of nitrogens with zero attached hydrogens (tertiary/aromatic N) is 2. The SMILES string of the molecule is CN1CCCC[C@H]1CC(=O)NCCc1ccn[nH]1. The van der Waals surface area contributed by atoms with E-state index < -0.39 is 0 Å². The van der Waals surface area contributed by atoms with Crippen LogP contribution < -0.4 is 5.32 Å². The summed E-state index contributed by atoms with van der Waals surface area (Å²) >= 11 is 0. The first-order valence-corrected chi connectivity index (χ1v) is 6.71. The Hall–Kier alpha value is -1.36. The van der Waals surface area contributed by atoms with Gasteiger partial charge in [-0.3, -0.25) is 9.89 Å². The smallest absolute Gasteiger partial charge is 0.221 e. The molecule has 2 heterocycles. The third-order valence-electron chi connectivity index (χ3n) is 3.62. The summed E-state index contributed by atoms with van der Waals surface area (Å²) in [7, 11) is 2.11. The Balaban J connectivity index is 1.65. The number of aromatic amines is 1. The largest absolute Gasteiger partial charge is 0.356 e. The van der Waals surface area contributed by atoms with E-state index in [1.807, 2.05) is 6.07 Å². The van der Waals surface area contributed by atoms with Gasteiger partial charge in [0.2, 0.25) is 5.91 Å². The average molecular weight is 250 g/mol. The molecule has 1 aliphatic heterocycles. The fourth-order valence-electron chi connectivity index (χ4n) is 2.45. The standard InChI is InChI=1S/C13H22N4O/c1-17-9-3-2-4-12(17)10-13(18)14-7-5-11-6-8-15-16-11/h6,8,12H,2-5,7,9-10H2,1H3,(H,14,18)(H,15,16)/t12-/m0/s1. The first-order valence-electron chi connectivity index (χ1n) is 6.71. The third kappa shape index (κ3) is 3.84. The maximum Gasteiger partial charge on any atom is 0.221 e. The van der Waals surface area contributed by atoms with Crippen LogP contribution in [0.1, 0.15) is 31.4 Å². The monoisotopic (exact) mass is 250 g/mol. The Kier molecular flexibility index (Phi) is 4.75. The van der Waals surface area contributed by atoms with Gasteiger partial charge in [-0.2, -0.15) is 5.10 Å². The molecule has 1 amide bonds. The molecule has 0 unspecified atom stereocenters. The fraction of sp³-hybridized carbons (Fsp3) is 0.692. The highest BCUT2D eigenvalue weighted by Crippen LogP contribution is 2.17. The van der Waals surface area contributed by atoms with Gasteiger partial charge in [-0.15, -0.1) is 0 Å². The molecule has 1 aliphatic rings. The molecule has 2 N–H and O–H groups in total. The predicted octanol–water partition coefficient (Wildman–Crippen LogP) is 0.943. The lowest BCUT2D eigenvalue weighted by atomic mass is 10.00. The van der Waals surface area contributed by atoms with Crippen molar-refractivity contribution in [2.75, 3.05) is 20.1 Å². The highest BCUT2D eigenvalue weighted by molar-refractivity contribution is 5.76. The molecule has 1 fully saturated rings. The minimum absolute atomic E-state index is 0.160. The maximum absolute atomic E-state index is 11.8. The summed E-state index contributed by atoms with van der Waals surface area (Å²) in [5.41, 5.74) is 1.06. The number of nitrogens with one attached hydrogen (secondary N) is 2. The van der Waals surface area contributed by atoms with Gasteiger partial charge in [0, 0.05) is 37.3 Å². The number of likely N-dealkylation sites (tertiary alicyclic amines) is 1. The van der Waals surface area contributed by atoms with Gasteiger partial charge in [-0.05, 0) is 32.5 Å². The molecule has 5 nitrogen and oxygen atoms in total. The molecule has 5 heteroatoms. The summed E-state index contributed by atoms with van der Waals surface area (Å²) in [6.07, 6.45) is 6.81. The van der Waals surface area contributed by atoms with Crippen molar-refractivity contribution in [3.8, 4) is 0 Å². The number of carbonyl (C=O) groups is 1. The lowest BCUT2D eigenvalue weighted by Crippen LogP contribution is -2.40. The summed E-state index contributed by atoms with van der Waals surface area (Å²) < 4.78 is 0. The van der Waals surface area contributed by atoms with E-state index in [0.29, 0.717) is 19.0 Å². The number of rotatable bonds is 5. The van der Waals surface area contributed by atoms with Crippen LogP contribution >= 0.6 is 0 Å². The average Bonchev–Trinajstić information content (AvgIpc) is 2.85. The van der Waals surface area contributed by atoms with Gasteiger partial charge in [-0.25, -0.2) is 0 Å². The molecule has 100 valence electrons. The molecule has 1 aromatic rings. The highest BCUT2D eigenvalue weighted by Gasteiger charge is 2.21. The lowest BCUT2D eigenvalue weighted by molar-refractivity contribution is -0.122. The molecule has 0 aromatic carbocycles. The second kappa shape index (κ2) is 6.54. The molecule has 2 rings (SSSR count). The summed E-state index contributed by atoms with van der Waals surface area (Å²) in [6.45, 7) is 1.80. The first-order chi connectivity index (χ1) is 8.75. The van der Waals surface area contributed by atoms with Gasteiger partial charge < -0.3 is 10.2 Å². The van der Waals surface area contributed by atoms with Crippen molar-refractivity contribution in [2.24, 2.45) is 0 Å². The van der Waals surface area contributed by atoms with Crippen LogP contribution in [0.25, 0.3) is 0 Å². The first kappa shape index (κ1) is 13.1. The van der Waals surface area contributed by atoms with Crippen LogP contribution in [0.3, 0.4) is 0 Å². The quantitative estimate of drug-likeness (QED) is 0.817. The molecule has 0 spiro atoms. The molecule has 1 aromatic heterocycles. The van der Waals surface area contributed by atoms with Crippen LogP contribution in [0.5, 0.6) is 0 Å². The summed E-state index contributed by atoms with van der Waals surface area (Å²) in [5, 5.41) is 9.74. The predicted molar refractivity (Wildman–Crippen MR) is 70.2 cm³/mol. The van der Waals surface area contributed by atoms with Gasteiger partial charge in [0.05, 0.1) is 0 Å². The zero-order valence-corrected chi connectivity index (χ0v) is 11.0. The zero-order chi connectivity index (χ0) is 12.8. The van der Waals surface area contributed by atoms with E-state index in [1.165, 1.54) is 12.8 Å². The maximum atomic E-state index is 11.8. The van der Waals surface area contributed by atoms with Crippen LogP contribution in [0.2, 0.25) is 0 Å². The molecular formula is C13H22N4O. The molecule has 1 atom stereocenters. The van der Waals surface area contributed by atoms with E-state index in [2.05, 4.69) is 27.5 Å². The number of carbonyl (C=O) groups excluding carboxylic acids is 1. The number of hydrogen-bond acceptors (Lipinski definition) is 3. The van der Waals surface area contributed by atoms with Crippen LogP contribution in [-0.2, 0) is 11.2 Å². The van der Waals surface area contributed by atoms with E-state index in [0.717, 1.165) is 25.1 Å². The van der Waals surface area contributed by atoms with Crippen molar-refractivity contribution < 1.29 is 4.79 Å². The van der Waals surface area contributed by atoms with Gasteiger partial charge >= 0.3 is 0 Å². The summed E-state index contributed by atoms with van der Waals surface area (Å²) in [5.74, 6) is 0.160. The van der Waals surface area contributed by atoms with Crippen molar-refractivity contribution in [3.05, 3.63) is 18.0 Å². The second-order valence-corrected chi connectivity index (χ2v) is 5.02. The Labute approximate surface area is 108 Å². The molecule has 0 bridgehead atoms. The second-order valence-electron chi connectivity index (χ2n) is 5.02. The Morgan fingerprint density at radius 1 is 1.61 bits per heavy atom. The fourth-order valence-corrected chi connectivity index (χ4v) is 2.45. The van der Waals surface area contributed by atoms with E-state index >= 15 is 0 Å². The van der Waals surface area contributed by atoms with Crippen molar-refractivity contribution in [1.29, 1.82) is 0 Å². The molecular weight excluding hydrogens is 228 g/mol. The molecule has 18 heavy (non-hydrogen) atoms. The van der Waals surface area contributed by atoms with Crippen molar-refractivity contribution in [2.45, 2.75) is 38.1 Å². The van der Waals surface area contributed by atoms with Gasteiger partial charge in [0.15, 0.2) is 0 Å². The number of piperidine rings is 1. The topological polar surface area (TPSA) is 61.0 Å². The zero-order valence-electron chi connectivity index (χ0n) is 11.0. The van der Waals surface area contributed by atoms with E-state index in [9.17, 15) is 4.79 Å². The van der Waals surface area contributed by atoms with E-state index in [4.69, 9.17) is 0 Å². The molecule has 0 aliphatic carbocycles. The van der Waals surface area contributed by atoms with Gasteiger partial charge in [0.25, 0.3) is 0 Å². The number of hydrogen-bond donors (Lipinski definition) is 2. The lowest BCUT2D eigenvalue weighted by Gasteiger charge is -2.31. The minimum Gasteiger partial charge on any atom is -0.356 e. The summed E-state index contributed by atoms with van der Waals surface area (Å²) in [4.78, 5) is 14.1. The Bertz CT molecular complexity index is 363. The minimum atomic E-state index is 0.160. The number of amides is 1. The normalized spacial score (nSPS) is 20.8. The van der Waals surface area contributed by atoms with Gasteiger partial charge in [-0.1, -0.05) is 6.42 Å².